The molecule has 1 aromatic carbocycles. The molecule has 88 valence electrons. The highest BCUT2D eigenvalue weighted by atomic mass is 32.2. The first-order valence-electron chi connectivity index (χ1n) is 5.66. The maximum absolute atomic E-state index is 11.8. The zero-order chi connectivity index (χ0) is 12.3. The van der Waals surface area contributed by atoms with Crippen LogP contribution in [-0.2, 0) is 4.79 Å². The molecule has 0 aromatic heterocycles. The average molecular weight is 246 g/mol. The summed E-state index contributed by atoms with van der Waals surface area (Å²) in [6.07, 6.45) is 1.36. The van der Waals surface area contributed by atoms with Crippen LogP contribution in [0.4, 0.5) is 5.69 Å². The molecule has 0 heterocycles. The summed E-state index contributed by atoms with van der Waals surface area (Å²) >= 11 is 1.76. The number of hydrogen-bond donors (Lipinski definition) is 1. The number of thioether (sulfide) groups is 1. The fourth-order valence-corrected chi connectivity index (χ4v) is 2.23. The van der Waals surface area contributed by atoms with Gasteiger partial charge in [-0.3, -0.25) is 4.79 Å². The summed E-state index contributed by atoms with van der Waals surface area (Å²) in [5, 5.41) is 11.7. The SMILES string of the molecule is CCSc1ccc(NC(=O)C2(C#N)CC2)cc1. The van der Waals surface area contributed by atoms with Crippen LogP contribution in [0.1, 0.15) is 19.8 Å². The van der Waals surface area contributed by atoms with Gasteiger partial charge in [0.2, 0.25) is 5.91 Å². The molecule has 1 aliphatic carbocycles. The Bertz CT molecular complexity index is 457. The van der Waals surface area contributed by atoms with Crippen LogP contribution in [0.25, 0.3) is 0 Å². The molecule has 1 amide bonds. The van der Waals surface area contributed by atoms with Gasteiger partial charge in [-0.2, -0.15) is 5.26 Å². The zero-order valence-corrected chi connectivity index (χ0v) is 10.5. The molecular formula is C13H14N2OS. The molecule has 1 saturated carbocycles. The monoisotopic (exact) mass is 246 g/mol. The topological polar surface area (TPSA) is 52.9 Å². The van der Waals surface area contributed by atoms with E-state index < -0.39 is 5.41 Å². The molecular weight excluding hydrogens is 232 g/mol. The Morgan fingerprint density at radius 1 is 1.47 bits per heavy atom. The molecule has 0 saturated heterocycles. The summed E-state index contributed by atoms with van der Waals surface area (Å²) < 4.78 is 0. The first-order valence-corrected chi connectivity index (χ1v) is 6.64. The number of carbonyl (C=O) groups is 1. The lowest BCUT2D eigenvalue weighted by Crippen LogP contribution is -2.22. The van der Waals surface area contributed by atoms with Gasteiger partial charge in [0.05, 0.1) is 6.07 Å². The Hall–Kier alpha value is -1.47. The second kappa shape index (κ2) is 4.80. The smallest absolute Gasteiger partial charge is 0.244 e. The van der Waals surface area contributed by atoms with Crippen molar-refractivity contribution in [2.24, 2.45) is 5.41 Å². The minimum Gasteiger partial charge on any atom is -0.325 e. The highest BCUT2D eigenvalue weighted by molar-refractivity contribution is 7.99. The number of rotatable bonds is 4. The number of amides is 1. The highest BCUT2D eigenvalue weighted by Crippen LogP contribution is 2.45. The van der Waals surface area contributed by atoms with Crippen molar-refractivity contribution in [3.8, 4) is 6.07 Å². The molecule has 0 unspecified atom stereocenters. The van der Waals surface area contributed by atoms with Crippen molar-refractivity contribution in [3.05, 3.63) is 24.3 Å². The number of nitriles is 1. The number of carbonyl (C=O) groups excluding carboxylic acids is 1. The predicted molar refractivity (Wildman–Crippen MR) is 68.7 cm³/mol. The van der Waals surface area contributed by atoms with E-state index in [-0.39, 0.29) is 5.91 Å². The largest absolute Gasteiger partial charge is 0.325 e. The number of benzene rings is 1. The molecule has 1 aromatic rings. The standard InChI is InChI=1S/C13H14N2OS/c1-2-17-11-5-3-10(4-6-11)15-12(16)13(9-14)7-8-13/h3-6H,2,7-8H2,1H3,(H,15,16). The molecule has 4 heteroatoms. The zero-order valence-electron chi connectivity index (χ0n) is 9.69. The van der Waals surface area contributed by atoms with E-state index in [0.29, 0.717) is 12.8 Å². The number of nitrogens with one attached hydrogen (secondary N) is 1. The van der Waals surface area contributed by atoms with Crippen molar-refractivity contribution in [1.29, 1.82) is 5.26 Å². The fraction of sp³-hybridized carbons (Fsp3) is 0.385. The van der Waals surface area contributed by atoms with Gasteiger partial charge in [-0.05, 0) is 42.9 Å². The first-order chi connectivity index (χ1) is 8.20. The van der Waals surface area contributed by atoms with Gasteiger partial charge < -0.3 is 5.32 Å². The normalized spacial score (nSPS) is 16.0. The lowest BCUT2D eigenvalue weighted by molar-refractivity contribution is -0.119. The van der Waals surface area contributed by atoms with Gasteiger partial charge in [-0.15, -0.1) is 11.8 Å². The third-order valence-corrected chi connectivity index (χ3v) is 3.72. The molecule has 3 nitrogen and oxygen atoms in total. The Balaban J connectivity index is 2.00. The summed E-state index contributed by atoms with van der Waals surface area (Å²) in [6, 6.07) is 9.81. The van der Waals surface area contributed by atoms with Crippen molar-refractivity contribution in [3.63, 3.8) is 0 Å². The number of hydrogen-bond acceptors (Lipinski definition) is 3. The van der Waals surface area contributed by atoms with Gasteiger partial charge in [0, 0.05) is 10.6 Å². The van der Waals surface area contributed by atoms with Gasteiger partial charge in [-0.25, -0.2) is 0 Å². The molecule has 0 aliphatic heterocycles. The Morgan fingerprint density at radius 3 is 2.59 bits per heavy atom. The summed E-state index contributed by atoms with van der Waals surface area (Å²) in [5.74, 6) is 0.861. The molecule has 1 aliphatic rings. The molecule has 1 N–H and O–H groups in total. The van der Waals surface area contributed by atoms with Crippen LogP contribution in [0.2, 0.25) is 0 Å². The second-order valence-corrected chi connectivity index (χ2v) is 5.44. The van der Waals surface area contributed by atoms with E-state index in [1.807, 2.05) is 24.3 Å². The van der Waals surface area contributed by atoms with Gasteiger partial charge >= 0.3 is 0 Å². The van der Waals surface area contributed by atoms with Gasteiger partial charge in [-0.1, -0.05) is 6.92 Å². The second-order valence-electron chi connectivity index (χ2n) is 4.11. The van der Waals surface area contributed by atoms with E-state index in [2.05, 4.69) is 18.3 Å². The molecule has 1 fully saturated rings. The molecule has 0 spiro atoms. The van der Waals surface area contributed by atoms with Crippen LogP contribution in [0.5, 0.6) is 0 Å². The van der Waals surface area contributed by atoms with Crippen LogP contribution in [0.15, 0.2) is 29.2 Å². The quantitative estimate of drug-likeness (QED) is 0.831. The van der Waals surface area contributed by atoms with Crippen molar-refractivity contribution >= 4 is 23.4 Å². The van der Waals surface area contributed by atoms with Gasteiger partial charge in [0.1, 0.15) is 5.41 Å². The lowest BCUT2D eigenvalue weighted by atomic mass is 10.1. The van der Waals surface area contributed by atoms with E-state index in [4.69, 9.17) is 5.26 Å². The lowest BCUT2D eigenvalue weighted by Gasteiger charge is -2.08. The number of nitrogens with zero attached hydrogens (tertiary/aromatic N) is 1. The molecule has 17 heavy (non-hydrogen) atoms. The van der Waals surface area contributed by atoms with Crippen LogP contribution >= 0.6 is 11.8 Å². The van der Waals surface area contributed by atoms with Crippen LogP contribution in [-0.4, -0.2) is 11.7 Å². The third-order valence-electron chi connectivity index (χ3n) is 2.82. The fourth-order valence-electron chi connectivity index (χ4n) is 1.57. The highest BCUT2D eigenvalue weighted by Gasteiger charge is 2.50. The maximum atomic E-state index is 11.8. The third kappa shape index (κ3) is 2.62. The van der Waals surface area contributed by atoms with E-state index in [0.717, 1.165) is 11.4 Å². The minimum atomic E-state index is -0.753. The van der Waals surface area contributed by atoms with Crippen LogP contribution in [0.3, 0.4) is 0 Å². The molecule has 2 rings (SSSR count). The van der Waals surface area contributed by atoms with Crippen molar-refractivity contribution in [2.75, 3.05) is 11.1 Å². The van der Waals surface area contributed by atoms with E-state index in [1.165, 1.54) is 4.90 Å². The number of anilines is 1. The summed E-state index contributed by atoms with van der Waals surface area (Å²) in [4.78, 5) is 13.0. The van der Waals surface area contributed by atoms with Gasteiger partial charge in [0.15, 0.2) is 0 Å². The minimum absolute atomic E-state index is 0.170. The first kappa shape index (κ1) is 12.0. The Kier molecular flexibility index (Phi) is 3.39. The molecule has 0 bridgehead atoms. The van der Waals surface area contributed by atoms with E-state index in [9.17, 15) is 4.79 Å². The Morgan fingerprint density at radius 2 is 2.12 bits per heavy atom. The Labute approximate surface area is 105 Å². The average Bonchev–Trinajstić information content (AvgIpc) is 3.13. The van der Waals surface area contributed by atoms with Crippen molar-refractivity contribution in [1.82, 2.24) is 0 Å². The van der Waals surface area contributed by atoms with Crippen molar-refractivity contribution < 1.29 is 4.79 Å². The summed E-state index contributed by atoms with van der Waals surface area (Å²) in [6.45, 7) is 2.10. The predicted octanol–water partition coefficient (Wildman–Crippen LogP) is 3.04. The summed E-state index contributed by atoms with van der Waals surface area (Å²) in [5.41, 5.74) is 0.00796. The van der Waals surface area contributed by atoms with E-state index in [1.54, 1.807) is 11.8 Å². The summed E-state index contributed by atoms with van der Waals surface area (Å²) in [7, 11) is 0. The van der Waals surface area contributed by atoms with Crippen molar-refractivity contribution in [2.45, 2.75) is 24.7 Å². The van der Waals surface area contributed by atoms with Crippen LogP contribution in [0, 0.1) is 16.7 Å². The molecule has 0 radical (unpaired) electrons. The van der Waals surface area contributed by atoms with Gasteiger partial charge in [0.25, 0.3) is 0 Å². The molecule has 0 atom stereocenters. The van der Waals surface area contributed by atoms with Crippen LogP contribution < -0.4 is 5.32 Å². The van der Waals surface area contributed by atoms with E-state index >= 15 is 0 Å². The maximum Gasteiger partial charge on any atom is 0.244 e.